The van der Waals surface area contributed by atoms with E-state index in [2.05, 4.69) is 48.1 Å². The van der Waals surface area contributed by atoms with Crippen molar-refractivity contribution in [2.24, 2.45) is 56.7 Å². The van der Waals surface area contributed by atoms with Gasteiger partial charge in [0.2, 0.25) is 0 Å². The molecular formula is C31H48O3. The number of ether oxygens (including phenoxy) is 1. The molecule has 3 heteroatoms. The van der Waals surface area contributed by atoms with Gasteiger partial charge in [-0.2, -0.15) is 0 Å². The summed E-state index contributed by atoms with van der Waals surface area (Å²) >= 11 is 0. The fraction of sp³-hybridized carbons (Fsp3) is 0.871. The van der Waals surface area contributed by atoms with Crippen molar-refractivity contribution in [2.75, 3.05) is 7.11 Å². The van der Waals surface area contributed by atoms with Crippen LogP contribution in [0.1, 0.15) is 106 Å². The fourth-order valence-electron chi connectivity index (χ4n) is 11.5. The summed E-state index contributed by atoms with van der Waals surface area (Å²) in [4.78, 5) is 26.3. The van der Waals surface area contributed by atoms with Crippen molar-refractivity contribution in [1.29, 1.82) is 0 Å². The van der Waals surface area contributed by atoms with E-state index in [0.29, 0.717) is 35.4 Å². The Morgan fingerprint density at radius 1 is 0.882 bits per heavy atom. The summed E-state index contributed by atoms with van der Waals surface area (Å²) < 4.78 is 5.49. The van der Waals surface area contributed by atoms with Gasteiger partial charge in [0.25, 0.3) is 0 Å². The molecule has 190 valence electrons. The number of carbonyl (C=O) groups is 2. The summed E-state index contributed by atoms with van der Waals surface area (Å²) in [5, 5.41) is 0. The van der Waals surface area contributed by atoms with Gasteiger partial charge in [0.1, 0.15) is 5.78 Å². The van der Waals surface area contributed by atoms with Gasteiger partial charge in [-0.3, -0.25) is 9.59 Å². The summed E-state index contributed by atoms with van der Waals surface area (Å²) in [7, 11) is 1.59. The van der Waals surface area contributed by atoms with Crippen molar-refractivity contribution < 1.29 is 14.3 Å². The molecule has 3 nitrogen and oxygen atoms in total. The lowest BCUT2D eigenvalue weighted by molar-refractivity contribution is -0.235. The summed E-state index contributed by atoms with van der Waals surface area (Å²) in [6.07, 6.45) is 10.8. The third kappa shape index (κ3) is 2.76. The van der Waals surface area contributed by atoms with Crippen molar-refractivity contribution >= 4 is 11.8 Å². The molecule has 5 saturated carbocycles. The van der Waals surface area contributed by atoms with Crippen molar-refractivity contribution in [2.45, 2.75) is 106 Å². The molecule has 0 spiro atoms. The largest absolute Gasteiger partial charge is 0.469 e. The van der Waals surface area contributed by atoms with Crippen LogP contribution in [0.4, 0.5) is 0 Å². The van der Waals surface area contributed by atoms with Crippen LogP contribution in [0.3, 0.4) is 0 Å². The van der Waals surface area contributed by atoms with E-state index in [-0.39, 0.29) is 33.0 Å². The van der Waals surface area contributed by atoms with E-state index >= 15 is 0 Å². The predicted octanol–water partition coefficient (Wildman–Crippen LogP) is 7.39. The molecule has 9 atom stereocenters. The van der Waals surface area contributed by atoms with Gasteiger partial charge in [-0.15, -0.1) is 0 Å². The third-order valence-corrected chi connectivity index (χ3v) is 13.4. The first kappa shape index (κ1) is 24.6. The van der Waals surface area contributed by atoms with E-state index in [1.807, 2.05) is 0 Å². The quantitative estimate of drug-likeness (QED) is 0.313. The number of allylic oxidation sites excluding steroid dienone is 1. The van der Waals surface area contributed by atoms with E-state index in [1.54, 1.807) is 7.11 Å². The molecule has 5 fully saturated rings. The highest BCUT2D eigenvalue weighted by atomic mass is 16.5. The molecule has 0 aromatic heterocycles. The van der Waals surface area contributed by atoms with Gasteiger partial charge in [0, 0.05) is 11.8 Å². The number of esters is 1. The molecule has 5 aliphatic rings. The van der Waals surface area contributed by atoms with Crippen LogP contribution in [0, 0.1) is 56.7 Å². The van der Waals surface area contributed by atoms with E-state index in [4.69, 9.17) is 4.74 Å². The minimum absolute atomic E-state index is 0.0405. The molecule has 5 rings (SSSR count). The molecular weight excluding hydrogens is 420 g/mol. The molecule has 0 bridgehead atoms. The molecule has 0 aliphatic heterocycles. The van der Waals surface area contributed by atoms with Crippen molar-refractivity contribution in [1.82, 2.24) is 0 Å². The second-order valence-electron chi connectivity index (χ2n) is 14.5. The van der Waals surface area contributed by atoms with Gasteiger partial charge in [0.05, 0.1) is 12.5 Å². The van der Waals surface area contributed by atoms with Gasteiger partial charge in [0.15, 0.2) is 0 Å². The summed E-state index contributed by atoms with van der Waals surface area (Å²) in [6.45, 7) is 18.8. The smallest absolute Gasteiger partial charge is 0.312 e. The molecule has 0 radical (unpaired) electrons. The number of fused-ring (bicyclic) bond motifs is 7. The zero-order valence-electron chi connectivity index (χ0n) is 22.9. The normalized spacial score (nSPS) is 51.5. The number of hydrogen-bond donors (Lipinski definition) is 0. The third-order valence-electron chi connectivity index (χ3n) is 13.4. The SMILES string of the molecule is C=C(C)[C@@H]1CC[C@]2(C(=O)OC)CC[C@]3(C)[C@H](CC[C@H]4[C@@]5(C)CCC(=O)C(C)(C)[C@H]5CC[C@@]43C)[C@@H]12. The number of ketones is 1. The maximum Gasteiger partial charge on any atom is 0.312 e. The number of methoxy groups -OCH3 is 1. The van der Waals surface area contributed by atoms with E-state index in [0.717, 1.165) is 38.5 Å². The van der Waals surface area contributed by atoms with Crippen LogP contribution in [0.2, 0.25) is 0 Å². The van der Waals surface area contributed by atoms with Gasteiger partial charge in [-0.05, 0) is 111 Å². The van der Waals surface area contributed by atoms with Crippen molar-refractivity contribution in [3.05, 3.63) is 12.2 Å². The van der Waals surface area contributed by atoms with Gasteiger partial charge >= 0.3 is 5.97 Å². The Bertz CT molecular complexity index is 918. The Kier molecular flexibility index (Phi) is 5.38. The molecule has 0 aromatic rings. The van der Waals surface area contributed by atoms with E-state index < -0.39 is 0 Å². The molecule has 0 heterocycles. The highest BCUT2D eigenvalue weighted by molar-refractivity contribution is 5.85. The Morgan fingerprint density at radius 2 is 1.59 bits per heavy atom. The predicted molar refractivity (Wildman–Crippen MR) is 136 cm³/mol. The minimum Gasteiger partial charge on any atom is -0.469 e. The first-order valence-corrected chi connectivity index (χ1v) is 14.1. The number of hydrogen-bond acceptors (Lipinski definition) is 3. The summed E-state index contributed by atoms with van der Waals surface area (Å²) in [5.74, 6) is 3.01. The molecule has 0 aromatic carbocycles. The van der Waals surface area contributed by atoms with Crippen LogP contribution in [0.15, 0.2) is 12.2 Å². The molecule has 5 aliphatic carbocycles. The molecule has 0 saturated heterocycles. The lowest BCUT2D eigenvalue weighted by Gasteiger charge is -2.72. The lowest BCUT2D eigenvalue weighted by Crippen LogP contribution is -2.66. The monoisotopic (exact) mass is 468 g/mol. The average Bonchev–Trinajstić information content (AvgIpc) is 3.18. The Balaban J connectivity index is 1.57. The average molecular weight is 469 g/mol. The molecule has 0 N–H and O–H groups in total. The van der Waals surface area contributed by atoms with Crippen LogP contribution in [-0.4, -0.2) is 18.9 Å². The van der Waals surface area contributed by atoms with Crippen molar-refractivity contribution in [3.8, 4) is 0 Å². The fourth-order valence-corrected chi connectivity index (χ4v) is 11.5. The van der Waals surface area contributed by atoms with Gasteiger partial charge in [-0.25, -0.2) is 0 Å². The van der Waals surface area contributed by atoms with Crippen LogP contribution in [-0.2, 0) is 14.3 Å². The van der Waals surface area contributed by atoms with Crippen LogP contribution in [0.25, 0.3) is 0 Å². The number of rotatable bonds is 2. The zero-order chi connectivity index (χ0) is 24.9. The molecule has 34 heavy (non-hydrogen) atoms. The number of Topliss-reactive ketones (excluding diaryl/α,β-unsaturated/α-hetero) is 1. The Morgan fingerprint density at radius 3 is 2.24 bits per heavy atom. The van der Waals surface area contributed by atoms with Gasteiger partial charge < -0.3 is 4.74 Å². The second kappa shape index (κ2) is 7.45. The van der Waals surface area contributed by atoms with Crippen molar-refractivity contribution in [3.63, 3.8) is 0 Å². The first-order valence-electron chi connectivity index (χ1n) is 14.1. The number of carbonyl (C=O) groups excluding carboxylic acids is 2. The van der Waals surface area contributed by atoms with Crippen LogP contribution in [0.5, 0.6) is 0 Å². The molecule has 0 amide bonds. The standard InChI is InChI=1S/C31H48O3/c1-19(2)20-11-16-31(26(33)34-8)18-17-29(6)21(25(20)31)9-10-23-28(5)14-13-24(32)27(3,4)22(28)12-15-30(23,29)7/h20-23,25H,1,9-18H2,2-8H3/t20-,21+,22+,23-,25+,28-,29+,30-,31-/m0/s1. The molecule has 0 unspecified atom stereocenters. The second-order valence-corrected chi connectivity index (χ2v) is 14.5. The topological polar surface area (TPSA) is 43.4 Å². The lowest BCUT2D eigenvalue weighted by atomic mass is 9.32. The van der Waals surface area contributed by atoms with E-state index in [9.17, 15) is 9.59 Å². The van der Waals surface area contributed by atoms with Crippen LogP contribution >= 0.6 is 0 Å². The highest BCUT2D eigenvalue weighted by Crippen LogP contribution is 2.77. The summed E-state index contributed by atoms with van der Waals surface area (Å²) in [6, 6.07) is 0. The zero-order valence-corrected chi connectivity index (χ0v) is 22.9. The first-order chi connectivity index (χ1) is 15.8. The summed E-state index contributed by atoms with van der Waals surface area (Å²) in [5.41, 5.74) is 1.45. The van der Waals surface area contributed by atoms with E-state index in [1.165, 1.54) is 31.3 Å². The highest BCUT2D eigenvalue weighted by Gasteiger charge is 2.72. The minimum atomic E-state index is -0.313. The van der Waals surface area contributed by atoms with Crippen LogP contribution < -0.4 is 0 Å². The Labute approximate surface area is 207 Å². The maximum atomic E-state index is 13.3. The Hall–Kier alpha value is -1.12. The van der Waals surface area contributed by atoms with Gasteiger partial charge in [-0.1, -0.05) is 46.8 Å². The maximum absolute atomic E-state index is 13.3.